The highest BCUT2D eigenvalue weighted by molar-refractivity contribution is 5.69. The van der Waals surface area contributed by atoms with E-state index in [4.69, 9.17) is 15.2 Å². The third-order valence-electron chi connectivity index (χ3n) is 3.37. The van der Waals surface area contributed by atoms with E-state index in [1.54, 1.807) is 0 Å². The molecule has 0 fully saturated rings. The van der Waals surface area contributed by atoms with E-state index in [1.165, 1.54) is 0 Å². The molecule has 0 bridgehead atoms. The van der Waals surface area contributed by atoms with Crippen molar-refractivity contribution in [2.24, 2.45) is 0 Å². The number of aromatic nitrogens is 1. The highest BCUT2D eigenvalue weighted by Gasteiger charge is 2.19. The Kier molecular flexibility index (Phi) is 3.81. The van der Waals surface area contributed by atoms with E-state index in [-0.39, 0.29) is 0 Å². The fourth-order valence-electron chi connectivity index (χ4n) is 2.41. The summed E-state index contributed by atoms with van der Waals surface area (Å²) in [6.07, 6.45) is 0.935. The summed E-state index contributed by atoms with van der Waals surface area (Å²) in [4.78, 5) is 6.69. The van der Waals surface area contributed by atoms with E-state index >= 15 is 0 Å². The molecule has 110 valence electrons. The summed E-state index contributed by atoms with van der Waals surface area (Å²) in [5.74, 6) is 2.19. The molecule has 21 heavy (non-hydrogen) atoms. The fraction of sp³-hybridized carbons (Fsp3) is 0.312. The predicted octanol–water partition coefficient (Wildman–Crippen LogP) is 2.98. The second-order valence-electron chi connectivity index (χ2n) is 4.82. The smallest absolute Gasteiger partial charge is 0.239 e. The molecule has 0 saturated heterocycles. The van der Waals surface area contributed by atoms with Crippen LogP contribution in [0.3, 0.4) is 0 Å². The predicted molar refractivity (Wildman–Crippen MR) is 83.4 cm³/mol. The van der Waals surface area contributed by atoms with Crippen molar-refractivity contribution < 1.29 is 9.47 Å². The van der Waals surface area contributed by atoms with Gasteiger partial charge in [-0.3, -0.25) is 0 Å². The van der Waals surface area contributed by atoms with Crippen LogP contribution < -0.4 is 20.1 Å². The Bertz CT molecular complexity index is 631. The number of fused-ring (bicyclic) bond motifs is 1. The molecule has 5 nitrogen and oxygen atoms in total. The Labute approximate surface area is 124 Å². The van der Waals surface area contributed by atoms with Crippen LogP contribution in [0.5, 0.6) is 11.6 Å². The Morgan fingerprint density at radius 3 is 3.00 bits per heavy atom. The Morgan fingerprint density at radius 2 is 2.14 bits per heavy atom. The lowest BCUT2D eigenvalue weighted by atomic mass is 10.2. The van der Waals surface area contributed by atoms with E-state index in [1.807, 2.05) is 43.3 Å². The highest BCUT2D eigenvalue weighted by Crippen LogP contribution is 2.36. The first-order chi connectivity index (χ1) is 10.3. The number of benzene rings is 1. The molecule has 0 saturated carbocycles. The topological polar surface area (TPSA) is 60.6 Å². The van der Waals surface area contributed by atoms with Gasteiger partial charge in [-0.05, 0) is 37.6 Å². The van der Waals surface area contributed by atoms with Gasteiger partial charge in [-0.1, -0.05) is 12.1 Å². The quantitative estimate of drug-likeness (QED) is 0.939. The number of rotatable bonds is 3. The fourth-order valence-corrected chi connectivity index (χ4v) is 2.41. The Morgan fingerprint density at radius 1 is 1.29 bits per heavy atom. The van der Waals surface area contributed by atoms with E-state index in [0.717, 1.165) is 30.2 Å². The third-order valence-corrected chi connectivity index (χ3v) is 3.37. The van der Waals surface area contributed by atoms with Gasteiger partial charge < -0.3 is 20.1 Å². The molecule has 0 radical (unpaired) electrons. The van der Waals surface area contributed by atoms with E-state index in [0.29, 0.717) is 24.8 Å². The molecule has 0 amide bonds. The van der Waals surface area contributed by atoms with Crippen molar-refractivity contribution in [2.75, 3.05) is 30.4 Å². The maximum Gasteiger partial charge on any atom is 0.239 e. The van der Waals surface area contributed by atoms with Gasteiger partial charge in [-0.25, -0.2) is 0 Å². The molecule has 0 atom stereocenters. The molecule has 1 aliphatic rings. The van der Waals surface area contributed by atoms with E-state index < -0.39 is 0 Å². The van der Waals surface area contributed by atoms with Crippen molar-refractivity contribution in [3.8, 4) is 11.6 Å². The second-order valence-corrected chi connectivity index (χ2v) is 4.82. The summed E-state index contributed by atoms with van der Waals surface area (Å²) in [7, 11) is 0. The van der Waals surface area contributed by atoms with Crippen LogP contribution in [0.2, 0.25) is 0 Å². The SMILES string of the molecule is CCOc1nc(N2CCCOc3ccccc32)ccc1N. The van der Waals surface area contributed by atoms with Gasteiger partial charge in [0.15, 0.2) is 0 Å². The van der Waals surface area contributed by atoms with Crippen LogP contribution in [-0.4, -0.2) is 24.7 Å². The Hall–Kier alpha value is -2.43. The molecule has 2 N–H and O–H groups in total. The van der Waals surface area contributed by atoms with Crippen molar-refractivity contribution in [1.82, 2.24) is 4.98 Å². The van der Waals surface area contributed by atoms with E-state index in [2.05, 4.69) is 9.88 Å². The first-order valence-electron chi connectivity index (χ1n) is 7.18. The average molecular weight is 285 g/mol. The zero-order chi connectivity index (χ0) is 14.7. The van der Waals surface area contributed by atoms with Crippen LogP contribution in [0.4, 0.5) is 17.2 Å². The minimum atomic E-state index is 0.484. The molecular formula is C16H19N3O2. The summed E-state index contributed by atoms with van der Waals surface area (Å²) in [5.41, 5.74) is 7.48. The molecule has 2 heterocycles. The molecule has 0 spiro atoms. The number of hydrogen-bond donors (Lipinski definition) is 1. The van der Waals surface area contributed by atoms with Gasteiger partial charge in [0.05, 0.1) is 24.6 Å². The molecule has 1 aromatic heterocycles. The summed E-state index contributed by atoms with van der Waals surface area (Å²) < 4.78 is 11.3. The highest BCUT2D eigenvalue weighted by atomic mass is 16.5. The molecule has 0 unspecified atom stereocenters. The molecule has 2 aromatic rings. The number of nitrogens with zero attached hydrogens (tertiary/aromatic N) is 2. The van der Waals surface area contributed by atoms with Gasteiger partial charge in [-0.15, -0.1) is 0 Å². The normalized spacial score (nSPS) is 14.0. The molecule has 3 rings (SSSR count). The number of nitrogens with two attached hydrogens (primary N) is 1. The monoisotopic (exact) mass is 285 g/mol. The number of para-hydroxylation sites is 2. The summed E-state index contributed by atoms with van der Waals surface area (Å²) in [6.45, 7) is 4.02. The lowest BCUT2D eigenvalue weighted by Crippen LogP contribution is -2.19. The van der Waals surface area contributed by atoms with Gasteiger partial charge in [0, 0.05) is 6.54 Å². The number of ether oxygens (including phenoxy) is 2. The molecular weight excluding hydrogens is 266 g/mol. The van der Waals surface area contributed by atoms with Crippen LogP contribution in [0.25, 0.3) is 0 Å². The molecule has 1 aliphatic heterocycles. The minimum absolute atomic E-state index is 0.484. The van der Waals surface area contributed by atoms with Gasteiger partial charge in [0.25, 0.3) is 0 Å². The average Bonchev–Trinajstić information content (AvgIpc) is 2.72. The van der Waals surface area contributed by atoms with Crippen molar-refractivity contribution in [1.29, 1.82) is 0 Å². The summed E-state index contributed by atoms with van der Waals surface area (Å²) >= 11 is 0. The van der Waals surface area contributed by atoms with Crippen LogP contribution in [0, 0.1) is 0 Å². The zero-order valence-electron chi connectivity index (χ0n) is 12.1. The van der Waals surface area contributed by atoms with Crippen LogP contribution in [0.15, 0.2) is 36.4 Å². The molecule has 1 aromatic carbocycles. The van der Waals surface area contributed by atoms with Crippen molar-refractivity contribution >= 4 is 17.2 Å². The lowest BCUT2D eigenvalue weighted by Gasteiger charge is -2.23. The largest absolute Gasteiger partial charge is 0.491 e. The van der Waals surface area contributed by atoms with Crippen molar-refractivity contribution in [2.45, 2.75) is 13.3 Å². The first kappa shape index (κ1) is 13.5. The summed E-state index contributed by atoms with van der Waals surface area (Å²) in [5, 5.41) is 0. The van der Waals surface area contributed by atoms with Crippen molar-refractivity contribution in [3.63, 3.8) is 0 Å². The summed E-state index contributed by atoms with van der Waals surface area (Å²) in [6, 6.07) is 11.8. The number of hydrogen-bond acceptors (Lipinski definition) is 5. The van der Waals surface area contributed by atoms with Gasteiger partial charge in [-0.2, -0.15) is 4.98 Å². The van der Waals surface area contributed by atoms with Crippen LogP contribution >= 0.6 is 0 Å². The van der Waals surface area contributed by atoms with Gasteiger partial charge >= 0.3 is 0 Å². The van der Waals surface area contributed by atoms with Crippen LogP contribution in [0.1, 0.15) is 13.3 Å². The van der Waals surface area contributed by atoms with Gasteiger partial charge in [0.1, 0.15) is 11.6 Å². The number of anilines is 3. The molecule has 5 heteroatoms. The third kappa shape index (κ3) is 2.72. The Balaban J connectivity index is 2.01. The number of pyridine rings is 1. The lowest BCUT2D eigenvalue weighted by molar-refractivity contribution is 0.322. The second kappa shape index (κ2) is 5.91. The number of nitrogen functional groups attached to an aromatic ring is 1. The standard InChI is InChI=1S/C16H19N3O2/c1-2-20-16-12(17)8-9-15(18-16)19-10-5-11-21-14-7-4-3-6-13(14)19/h3-4,6-9H,2,5,10-11,17H2,1H3. The molecule has 0 aliphatic carbocycles. The van der Waals surface area contributed by atoms with Gasteiger partial charge in [0.2, 0.25) is 5.88 Å². The van der Waals surface area contributed by atoms with Crippen LogP contribution in [-0.2, 0) is 0 Å². The minimum Gasteiger partial charge on any atom is -0.491 e. The van der Waals surface area contributed by atoms with E-state index in [9.17, 15) is 0 Å². The zero-order valence-corrected chi connectivity index (χ0v) is 12.1. The van der Waals surface area contributed by atoms with Crippen molar-refractivity contribution in [3.05, 3.63) is 36.4 Å². The first-order valence-corrected chi connectivity index (χ1v) is 7.18. The maximum absolute atomic E-state index is 5.90. The maximum atomic E-state index is 5.90.